The Kier molecular flexibility index (Phi) is 4.61. The third kappa shape index (κ3) is 3.49. The van der Waals surface area contributed by atoms with Crippen LogP contribution in [0.5, 0.6) is 0 Å². The molecule has 1 saturated heterocycles. The van der Waals surface area contributed by atoms with E-state index in [9.17, 15) is 14.4 Å². The van der Waals surface area contributed by atoms with E-state index in [0.29, 0.717) is 4.91 Å². The van der Waals surface area contributed by atoms with Gasteiger partial charge in [0.05, 0.1) is 11.0 Å². The number of imide groups is 1. The van der Waals surface area contributed by atoms with Crippen LogP contribution in [0.15, 0.2) is 22.4 Å². The van der Waals surface area contributed by atoms with E-state index in [4.69, 9.17) is 4.74 Å². The minimum atomic E-state index is -0.584. The number of thioether (sulfide) groups is 1. The summed E-state index contributed by atoms with van der Waals surface area (Å²) in [4.78, 5) is 37.5. The minimum Gasteiger partial charge on any atom is -0.462 e. The molecule has 20 heavy (non-hydrogen) atoms. The molecule has 0 spiro atoms. The Hall–Kier alpha value is -1.60. The van der Waals surface area contributed by atoms with Gasteiger partial charge in [0, 0.05) is 4.88 Å². The van der Waals surface area contributed by atoms with Crippen LogP contribution in [0.2, 0.25) is 0 Å². The average molecular weight is 311 g/mol. The predicted octanol–water partition coefficient (Wildman–Crippen LogP) is 2.74. The molecule has 2 heterocycles. The van der Waals surface area contributed by atoms with E-state index in [2.05, 4.69) is 0 Å². The third-order valence-corrected chi connectivity index (χ3v) is 4.07. The van der Waals surface area contributed by atoms with Crippen molar-refractivity contribution in [1.82, 2.24) is 4.90 Å². The Bertz CT molecular complexity index is 563. The van der Waals surface area contributed by atoms with Crippen LogP contribution < -0.4 is 0 Å². The highest BCUT2D eigenvalue weighted by Crippen LogP contribution is 2.32. The SMILES string of the molecule is CC(C)OC(=O)CN1C(=O)SC(=Cc2cccs2)C1=O. The maximum absolute atomic E-state index is 12.1. The second-order valence-corrected chi connectivity index (χ2v) is 6.29. The molecule has 1 aromatic heterocycles. The summed E-state index contributed by atoms with van der Waals surface area (Å²) in [7, 11) is 0. The molecule has 0 aliphatic carbocycles. The van der Waals surface area contributed by atoms with Gasteiger partial charge in [-0.05, 0) is 43.1 Å². The quantitative estimate of drug-likeness (QED) is 0.632. The molecule has 0 atom stereocenters. The Labute approximate surface area is 124 Å². The summed E-state index contributed by atoms with van der Waals surface area (Å²) in [6, 6.07) is 3.71. The molecule has 2 rings (SSSR count). The first kappa shape index (κ1) is 14.8. The summed E-state index contributed by atoms with van der Waals surface area (Å²) in [6.45, 7) is 3.08. The topological polar surface area (TPSA) is 63.7 Å². The first-order valence-corrected chi connectivity index (χ1v) is 7.65. The smallest absolute Gasteiger partial charge is 0.326 e. The fraction of sp³-hybridized carbons (Fsp3) is 0.308. The van der Waals surface area contributed by atoms with Gasteiger partial charge in [-0.25, -0.2) is 0 Å². The number of hydrogen-bond donors (Lipinski definition) is 0. The van der Waals surface area contributed by atoms with E-state index in [1.807, 2.05) is 17.5 Å². The van der Waals surface area contributed by atoms with Crippen LogP contribution in [0.3, 0.4) is 0 Å². The van der Waals surface area contributed by atoms with Gasteiger partial charge in [-0.2, -0.15) is 0 Å². The largest absolute Gasteiger partial charge is 0.462 e. The van der Waals surface area contributed by atoms with Crippen molar-refractivity contribution in [2.45, 2.75) is 20.0 Å². The standard InChI is InChI=1S/C13H13NO4S2/c1-8(2)18-11(15)7-14-12(16)10(20-13(14)17)6-9-4-3-5-19-9/h3-6,8H,7H2,1-2H3. The van der Waals surface area contributed by atoms with Crippen LogP contribution in [0.25, 0.3) is 6.08 Å². The molecule has 0 unspecified atom stereocenters. The van der Waals surface area contributed by atoms with Gasteiger partial charge in [-0.3, -0.25) is 19.3 Å². The lowest BCUT2D eigenvalue weighted by atomic mass is 10.3. The first-order valence-electron chi connectivity index (χ1n) is 5.95. The molecular formula is C13H13NO4S2. The van der Waals surface area contributed by atoms with Crippen molar-refractivity contribution in [3.8, 4) is 0 Å². The minimum absolute atomic E-state index is 0.274. The molecule has 0 radical (unpaired) electrons. The van der Waals surface area contributed by atoms with E-state index in [1.165, 1.54) is 11.3 Å². The lowest BCUT2D eigenvalue weighted by Gasteiger charge is -2.13. The molecule has 0 aromatic carbocycles. The average Bonchev–Trinajstić information content (AvgIpc) is 2.93. The van der Waals surface area contributed by atoms with Crippen molar-refractivity contribution < 1.29 is 19.1 Å². The Morgan fingerprint density at radius 3 is 2.80 bits per heavy atom. The van der Waals surface area contributed by atoms with E-state index in [0.717, 1.165) is 21.5 Å². The number of amides is 2. The molecule has 2 amide bonds. The summed E-state index contributed by atoms with van der Waals surface area (Å²) < 4.78 is 4.94. The zero-order valence-electron chi connectivity index (χ0n) is 11.0. The number of rotatable bonds is 4. The van der Waals surface area contributed by atoms with Crippen molar-refractivity contribution >= 4 is 46.3 Å². The molecule has 7 heteroatoms. The van der Waals surface area contributed by atoms with E-state index in [-0.39, 0.29) is 12.6 Å². The van der Waals surface area contributed by atoms with Crippen molar-refractivity contribution in [3.05, 3.63) is 27.3 Å². The molecule has 1 aliphatic rings. The molecule has 5 nitrogen and oxygen atoms in total. The van der Waals surface area contributed by atoms with Crippen LogP contribution in [0, 0.1) is 0 Å². The Morgan fingerprint density at radius 1 is 1.45 bits per heavy atom. The maximum atomic E-state index is 12.1. The number of ether oxygens (including phenoxy) is 1. The highest BCUT2D eigenvalue weighted by molar-refractivity contribution is 8.18. The molecule has 0 saturated carbocycles. The van der Waals surface area contributed by atoms with Gasteiger partial charge in [-0.15, -0.1) is 11.3 Å². The van der Waals surface area contributed by atoms with Crippen molar-refractivity contribution in [2.24, 2.45) is 0 Å². The Morgan fingerprint density at radius 2 is 2.20 bits per heavy atom. The first-order chi connectivity index (χ1) is 9.47. The molecule has 1 aliphatic heterocycles. The van der Waals surface area contributed by atoms with Crippen LogP contribution in [-0.4, -0.2) is 34.7 Å². The van der Waals surface area contributed by atoms with Crippen LogP contribution in [0.4, 0.5) is 4.79 Å². The van der Waals surface area contributed by atoms with Gasteiger partial charge in [0.1, 0.15) is 6.54 Å². The monoisotopic (exact) mass is 311 g/mol. The van der Waals surface area contributed by atoms with Crippen LogP contribution >= 0.6 is 23.1 Å². The number of nitrogens with zero attached hydrogens (tertiary/aromatic N) is 1. The number of carbonyl (C=O) groups excluding carboxylic acids is 3. The number of thiophene rings is 1. The van der Waals surface area contributed by atoms with Gasteiger partial charge >= 0.3 is 5.97 Å². The molecule has 106 valence electrons. The fourth-order valence-corrected chi connectivity index (χ4v) is 3.13. The van der Waals surface area contributed by atoms with Crippen molar-refractivity contribution in [1.29, 1.82) is 0 Å². The summed E-state index contributed by atoms with van der Waals surface area (Å²) >= 11 is 2.31. The third-order valence-electron chi connectivity index (χ3n) is 2.34. The van der Waals surface area contributed by atoms with Gasteiger partial charge in [0.15, 0.2) is 0 Å². The molecule has 1 aromatic rings. The second kappa shape index (κ2) is 6.23. The fourth-order valence-electron chi connectivity index (χ4n) is 1.57. The van der Waals surface area contributed by atoms with Crippen LogP contribution in [-0.2, 0) is 14.3 Å². The van der Waals surface area contributed by atoms with E-state index < -0.39 is 17.1 Å². The summed E-state index contributed by atoms with van der Waals surface area (Å²) in [5.41, 5.74) is 0. The summed E-state index contributed by atoms with van der Waals surface area (Å²) in [5.74, 6) is -1.03. The van der Waals surface area contributed by atoms with Crippen molar-refractivity contribution in [2.75, 3.05) is 6.54 Å². The molecule has 1 fully saturated rings. The van der Waals surface area contributed by atoms with Gasteiger partial charge in [-0.1, -0.05) is 6.07 Å². The number of hydrogen-bond acceptors (Lipinski definition) is 6. The van der Waals surface area contributed by atoms with Gasteiger partial charge < -0.3 is 4.74 Å². The number of carbonyl (C=O) groups is 3. The normalized spacial score (nSPS) is 17.4. The van der Waals surface area contributed by atoms with Crippen molar-refractivity contribution in [3.63, 3.8) is 0 Å². The Balaban J connectivity index is 2.07. The lowest BCUT2D eigenvalue weighted by molar-refractivity contribution is -0.149. The number of esters is 1. The highest BCUT2D eigenvalue weighted by Gasteiger charge is 2.36. The van der Waals surface area contributed by atoms with Crippen LogP contribution in [0.1, 0.15) is 18.7 Å². The van der Waals surface area contributed by atoms with Gasteiger partial charge in [0.25, 0.3) is 11.1 Å². The molecule has 0 N–H and O–H groups in total. The zero-order valence-corrected chi connectivity index (χ0v) is 12.6. The molecule has 0 bridgehead atoms. The molecular weight excluding hydrogens is 298 g/mol. The second-order valence-electron chi connectivity index (χ2n) is 4.32. The zero-order chi connectivity index (χ0) is 14.7. The maximum Gasteiger partial charge on any atom is 0.326 e. The predicted molar refractivity (Wildman–Crippen MR) is 78.2 cm³/mol. The summed E-state index contributed by atoms with van der Waals surface area (Å²) in [6.07, 6.45) is 1.38. The summed E-state index contributed by atoms with van der Waals surface area (Å²) in [5, 5.41) is 1.44. The highest BCUT2D eigenvalue weighted by atomic mass is 32.2. The van der Waals surface area contributed by atoms with E-state index >= 15 is 0 Å². The van der Waals surface area contributed by atoms with Gasteiger partial charge in [0.2, 0.25) is 0 Å². The van der Waals surface area contributed by atoms with E-state index in [1.54, 1.807) is 19.9 Å². The lowest BCUT2D eigenvalue weighted by Crippen LogP contribution is -2.35.